The Morgan fingerprint density at radius 1 is 1.43 bits per heavy atom. The molecule has 14 heavy (non-hydrogen) atoms. The van der Waals surface area contributed by atoms with E-state index >= 15 is 0 Å². The number of pyridine rings is 1. The minimum Gasteiger partial charge on any atom is -0.373 e. The molecule has 0 aliphatic heterocycles. The Morgan fingerprint density at radius 2 is 2.07 bits per heavy atom. The predicted molar refractivity (Wildman–Crippen MR) is 54.7 cm³/mol. The van der Waals surface area contributed by atoms with E-state index in [4.69, 9.17) is 0 Å². The first-order valence-corrected chi connectivity index (χ1v) is 5.49. The predicted octanol–water partition coefficient (Wildman–Crippen LogP) is 0.374. The number of aromatic nitrogens is 1. The van der Waals surface area contributed by atoms with Gasteiger partial charge in [-0.3, -0.25) is 0 Å². The normalized spacial score (nSPS) is 11.7. The van der Waals surface area contributed by atoms with E-state index in [0.29, 0.717) is 5.82 Å². The molecule has 1 rings (SSSR count). The van der Waals surface area contributed by atoms with Gasteiger partial charge >= 0.3 is 0 Å². The molecule has 78 valence electrons. The molecule has 0 aliphatic carbocycles. The van der Waals surface area contributed by atoms with E-state index < -0.39 is 10.0 Å². The van der Waals surface area contributed by atoms with E-state index in [-0.39, 0.29) is 4.90 Å². The van der Waals surface area contributed by atoms with Crippen molar-refractivity contribution in [1.82, 2.24) is 9.29 Å². The molecule has 0 unspecified atom stereocenters. The molecule has 1 N–H and O–H groups in total. The molecule has 0 fully saturated rings. The fourth-order valence-electron chi connectivity index (χ4n) is 0.919. The van der Waals surface area contributed by atoms with Crippen LogP contribution in [0.1, 0.15) is 0 Å². The van der Waals surface area contributed by atoms with Gasteiger partial charge in [-0.2, -0.15) is 0 Å². The Hall–Kier alpha value is -1.14. The van der Waals surface area contributed by atoms with E-state index in [1.54, 1.807) is 7.05 Å². The lowest BCUT2D eigenvalue weighted by Gasteiger charge is -2.11. The van der Waals surface area contributed by atoms with Crippen molar-refractivity contribution >= 4 is 15.8 Å². The summed E-state index contributed by atoms with van der Waals surface area (Å²) in [6, 6.07) is 2.96. The van der Waals surface area contributed by atoms with Crippen molar-refractivity contribution < 1.29 is 8.42 Å². The van der Waals surface area contributed by atoms with Crippen LogP contribution in [-0.2, 0) is 10.0 Å². The van der Waals surface area contributed by atoms with Gasteiger partial charge in [0.25, 0.3) is 0 Å². The number of rotatable bonds is 3. The van der Waals surface area contributed by atoms with Gasteiger partial charge in [0.05, 0.1) is 4.90 Å². The van der Waals surface area contributed by atoms with E-state index in [0.717, 1.165) is 0 Å². The van der Waals surface area contributed by atoms with Gasteiger partial charge < -0.3 is 5.32 Å². The summed E-state index contributed by atoms with van der Waals surface area (Å²) in [4.78, 5) is 4.17. The van der Waals surface area contributed by atoms with E-state index in [1.165, 1.54) is 36.7 Å². The highest BCUT2D eigenvalue weighted by atomic mass is 32.2. The maximum absolute atomic E-state index is 11.7. The van der Waals surface area contributed by atoms with Gasteiger partial charge in [-0.15, -0.1) is 0 Å². The fraction of sp³-hybridized carbons (Fsp3) is 0.375. The summed E-state index contributed by atoms with van der Waals surface area (Å²) in [6.45, 7) is 0. The van der Waals surface area contributed by atoms with Crippen molar-refractivity contribution in [2.45, 2.75) is 4.90 Å². The largest absolute Gasteiger partial charge is 0.373 e. The second-order valence-electron chi connectivity index (χ2n) is 2.91. The molecule has 0 bridgehead atoms. The van der Waals surface area contributed by atoms with Crippen LogP contribution < -0.4 is 5.32 Å². The van der Waals surface area contributed by atoms with Crippen LogP contribution in [0, 0.1) is 0 Å². The molecule has 0 aliphatic rings. The van der Waals surface area contributed by atoms with Gasteiger partial charge in [0.1, 0.15) is 5.82 Å². The van der Waals surface area contributed by atoms with Crippen LogP contribution in [0.25, 0.3) is 0 Å². The Bertz CT molecular complexity index is 414. The summed E-state index contributed by atoms with van der Waals surface area (Å²) in [5.74, 6) is 0.535. The second-order valence-corrected chi connectivity index (χ2v) is 5.07. The molecule has 0 saturated carbocycles. The Morgan fingerprint density at radius 3 is 2.57 bits per heavy atom. The number of hydrogen-bond acceptors (Lipinski definition) is 4. The highest BCUT2D eigenvalue weighted by molar-refractivity contribution is 7.89. The van der Waals surface area contributed by atoms with Crippen LogP contribution in [0.2, 0.25) is 0 Å². The molecule has 6 heteroatoms. The molecule has 0 aromatic carbocycles. The molecular formula is C8H13N3O2S. The third-order valence-corrected chi connectivity index (χ3v) is 3.58. The molecule has 0 amide bonds. The van der Waals surface area contributed by atoms with Crippen molar-refractivity contribution in [3.05, 3.63) is 18.3 Å². The maximum atomic E-state index is 11.7. The monoisotopic (exact) mass is 215 g/mol. The quantitative estimate of drug-likeness (QED) is 0.791. The lowest BCUT2D eigenvalue weighted by Crippen LogP contribution is -2.22. The summed E-state index contributed by atoms with van der Waals surface area (Å²) in [6.07, 6.45) is 1.46. The summed E-state index contributed by atoms with van der Waals surface area (Å²) < 4.78 is 24.5. The number of hydrogen-bond donors (Lipinski definition) is 1. The van der Waals surface area contributed by atoms with E-state index in [9.17, 15) is 8.42 Å². The van der Waals surface area contributed by atoms with Gasteiger partial charge in [-0.05, 0) is 6.07 Å². The van der Waals surface area contributed by atoms with Gasteiger partial charge in [-0.1, -0.05) is 0 Å². The van der Waals surface area contributed by atoms with Crippen molar-refractivity contribution in [1.29, 1.82) is 0 Å². The molecule has 5 nitrogen and oxygen atoms in total. The first kappa shape index (κ1) is 10.9. The molecular weight excluding hydrogens is 202 g/mol. The molecule has 0 radical (unpaired) electrons. The summed E-state index contributed by atoms with van der Waals surface area (Å²) in [5, 5.41) is 2.78. The van der Waals surface area contributed by atoms with Crippen LogP contribution in [0.4, 0.5) is 5.82 Å². The number of nitrogens with one attached hydrogen (secondary N) is 1. The number of sulfonamides is 1. The highest BCUT2D eigenvalue weighted by Gasteiger charge is 2.17. The van der Waals surface area contributed by atoms with Crippen molar-refractivity contribution in [2.24, 2.45) is 0 Å². The first-order chi connectivity index (χ1) is 6.48. The smallest absolute Gasteiger partial charge is 0.242 e. The van der Waals surface area contributed by atoms with Crippen LogP contribution in [0.5, 0.6) is 0 Å². The molecule has 1 aromatic heterocycles. The lowest BCUT2D eigenvalue weighted by molar-refractivity contribution is 0.520. The van der Waals surface area contributed by atoms with Crippen LogP contribution >= 0.6 is 0 Å². The lowest BCUT2D eigenvalue weighted by atomic mass is 10.5. The summed E-state index contributed by atoms with van der Waals surface area (Å²) >= 11 is 0. The first-order valence-electron chi connectivity index (χ1n) is 4.05. The fourth-order valence-corrected chi connectivity index (χ4v) is 1.83. The zero-order valence-corrected chi connectivity index (χ0v) is 9.17. The van der Waals surface area contributed by atoms with E-state index in [1.807, 2.05) is 0 Å². The topological polar surface area (TPSA) is 62.3 Å². The summed E-state index contributed by atoms with van der Waals surface area (Å²) in [5.41, 5.74) is 0. The highest BCUT2D eigenvalue weighted by Crippen LogP contribution is 2.14. The zero-order valence-electron chi connectivity index (χ0n) is 8.35. The van der Waals surface area contributed by atoms with Crippen LogP contribution in [0.3, 0.4) is 0 Å². The van der Waals surface area contributed by atoms with Crippen molar-refractivity contribution in [2.75, 3.05) is 26.5 Å². The third kappa shape index (κ3) is 2.02. The average molecular weight is 215 g/mol. The summed E-state index contributed by atoms with van der Waals surface area (Å²) in [7, 11) is 1.32. The van der Waals surface area contributed by atoms with Gasteiger partial charge in [0, 0.05) is 33.4 Å². The minimum absolute atomic E-state index is 0.238. The average Bonchev–Trinajstić information content (AvgIpc) is 2.17. The molecule has 0 spiro atoms. The van der Waals surface area contributed by atoms with Gasteiger partial charge in [0.15, 0.2) is 0 Å². The molecule has 1 heterocycles. The van der Waals surface area contributed by atoms with Crippen molar-refractivity contribution in [3.8, 4) is 0 Å². The standard InChI is InChI=1S/C8H13N3O2S/c1-9-8-6-7(4-5-10-8)14(12,13)11(2)3/h4-6H,1-3H3,(H,9,10). The Balaban J connectivity index is 3.20. The Labute approximate surface area is 83.8 Å². The number of anilines is 1. The van der Waals surface area contributed by atoms with Crippen LogP contribution in [-0.4, -0.2) is 38.9 Å². The van der Waals surface area contributed by atoms with Gasteiger partial charge in [-0.25, -0.2) is 17.7 Å². The van der Waals surface area contributed by atoms with E-state index in [2.05, 4.69) is 10.3 Å². The third-order valence-electron chi connectivity index (χ3n) is 1.77. The second kappa shape index (κ2) is 3.93. The maximum Gasteiger partial charge on any atom is 0.242 e. The minimum atomic E-state index is -3.36. The van der Waals surface area contributed by atoms with Gasteiger partial charge in [0.2, 0.25) is 10.0 Å². The number of nitrogens with zero attached hydrogens (tertiary/aromatic N) is 2. The zero-order chi connectivity index (χ0) is 10.8. The molecule has 0 saturated heterocycles. The molecule has 1 aromatic rings. The Kier molecular flexibility index (Phi) is 3.07. The molecule has 0 atom stereocenters. The SMILES string of the molecule is CNc1cc(S(=O)(=O)N(C)C)ccn1. The van der Waals surface area contributed by atoms with Crippen molar-refractivity contribution in [3.63, 3.8) is 0 Å². The van der Waals surface area contributed by atoms with Crippen LogP contribution in [0.15, 0.2) is 23.2 Å².